The van der Waals surface area contributed by atoms with E-state index in [0.29, 0.717) is 18.2 Å². The number of aromatic nitrogens is 1. The quantitative estimate of drug-likeness (QED) is 0.725. The number of nitrogen functional groups attached to an aromatic ring is 1. The molecule has 0 radical (unpaired) electrons. The van der Waals surface area contributed by atoms with Crippen molar-refractivity contribution in [3.05, 3.63) is 17.8 Å². The molecule has 0 aromatic carbocycles. The number of nitrogens with one attached hydrogen (secondary N) is 1. The number of hydrogen-bond acceptors (Lipinski definition) is 4. The van der Waals surface area contributed by atoms with Crippen molar-refractivity contribution in [2.24, 2.45) is 5.92 Å². The Balaban J connectivity index is 2.27. The van der Waals surface area contributed by atoms with E-state index >= 15 is 0 Å². The molecule has 0 bridgehead atoms. The second kappa shape index (κ2) is 6.33. The van der Waals surface area contributed by atoms with Crippen LogP contribution in [-0.4, -0.2) is 24.7 Å². The Labute approximate surface area is 97.2 Å². The van der Waals surface area contributed by atoms with E-state index in [1.807, 2.05) is 13.0 Å². The molecule has 1 aromatic rings. The first-order valence-electron chi connectivity index (χ1n) is 5.63. The molecule has 90 valence electrons. The van der Waals surface area contributed by atoms with E-state index in [9.17, 15) is 0 Å². The van der Waals surface area contributed by atoms with E-state index in [2.05, 4.69) is 24.1 Å². The van der Waals surface area contributed by atoms with Gasteiger partial charge >= 0.3 is 0 Å². The first-order valence-corrected chi connectivity index (χ1v) is 5.63. The van der Waals surface area contributed by atoms with Crippen LogP contribution in [0.25, 0.3) is 0 Å². The van der Waals surface area contributed by atoms with Gasteiger partial charge in [-0.25, -0.2) is 4.98 Å². The molecule has 4 nitrogen and oxygen atoms in total. The van der Waals surface area contributed by atoms with Crippen molar-refractivity contribution in [2.75, 3.05) is 30.8 Å². The second-order valence-electron chi connectivity index (χ2n) is 4.35. The molecule has 0 fully saturated rings. The summed E-state index contributed by atoms with van der Waals surface area (Å²) in [5.41, 5.74) is 7.57. The van der Waals surface area contributed by atoms with E-state index in [1.165, 1.54) is 0 Å². The first kappa shape index (κ1) is 12.8. The van der Waals surface area contributed by atoms with Gasteiger partial charge in [-0.15, -0.1) is 0 Å². The van der Waals surface area contributed by atoms with Crippen molar-refractivity contribution < 1.29 is 4.74 Å². The number of nitrogens with two attached hydrogens (primary N) is 1. The van der Waals surface area contributed by atoms with Crippen LogP contribution in [0.4, 0.5) is 11.5 Å². The van der Waals surface area contributed by atoms with E-state index in [0.717, 1.165) is 24.5 Å². The highest BCUT2D eigenvalue weighted by Gasteiger charge is 2.00. The Morgan fingerprint density at radius 2 is 2.25 bits per heavy atom. The molecule has 1 aromatic heterocycles. The highest BCUT2D eigenvalue weighted by Crippen LogP contribution is 2.15. The summed E-state index contributed by atoms with van der Waals surface area (Å²) < 4.78 is 5.45. The summed E-state index contributed by atoms with van der Waals surface area (Å²) in [5, 5.41) is 3.15. The molecule has 0 unspecified atom stereocenters. The molecule has 0 atom stereocenters. The maximum Gasteiger partial charge on any atom is 0.149 e. The number of aryl methyl sites for hydroxylation is 1. The van der Waals surface area contributed by atoms with Gasteiger partial charge in [-0.2, -0.15) is 0 Å². The molecule has 1 heterocycles. The minimum atomic E-state index is 0.572. The van der Waals surface area contributed by atoms with Crippen molar-refractivity contribution in [3.8, 4) is 0 Å². The Morgan fingerprint density at radius 3 is 2.88 bits per heavy atom. The number of ether oxygens (including phenoxy) is 1. The fourth-order valence-electron chi connectivity index (χ4n) is 1.30. The van der Waals surface area contributed by atoms with Crippen LogP contribution in [0.2, 0.25) is 0 Å². The smallest absolute Gasteiger partial charge is 0.149 e. The zero-order chi connectivity index (χ0) is 12.0. The summed E-state index contributed by atoms with van der Waals surface area (Å²) in [7, 11) is 0. The minimum absolute atomic E-state index is 0.572. The van der Waals surface area contributed by atoms with Crippen molar-refractivity contribution in [1.29, 1.82) is 0 Å². The predicted molar refractivity (Wildman–Crippen MR) is 67.5 cm³/mol. The normalized spacial score (nSPS) is 10.8. The lowest BCUT2D eigenvalue weighted by Gasteiger charge is -2.10. The van der Waals surface area contributed by atoms with E-state index in [-0.39, 0.29) is 0 Å². The van der Waals surface area contributed by atoms with Gasteiger partial charge in [0.2, 0.25) is 0 Å². The molecule has 0 aliphatic rings. The van der Waals surface area contributed by atoms with Gasteiger partial charge in [-0.05, 0) is 24.5 Å². The maximum absolute atomic E-state index is 5.82. The van der Waals surface area contributed by atoms with Crippen LogP contribution in [0, 0.1) is 12.8 Å². The fraction of sp³-hybridized carbons (Fsp3) is 0.583. The highest BCUT2D eigenvalue weighted by atomic mass is 16.5. The van der Waals surface area contributed by atoms with E-state index < -0.39 is 0 Å². The van der Waals surface area contributed by atoms with E-state index in [4.69, 9.17) is 10.5 Å². The van der Waals surface area contributed by atoms with Gasteiger partial charge in [0, 0.05) is 19.3 Å². The van der Waals surface area contributed by atoms with Gasteiger partial charge in [0.15, 0.2) is 0 Å². The van der Waals surface area contributed by atoms with Crippen LogP contribution in [-0.2, 0) is 4.74 Å². The van der Waals surface area contributed by atoms with Gasteiger partial charge < -0.3 is 15.8 Å². The molecule has 0 amide bonds. The lowest BCUT2D eigenvalue weighted by atomic mass is 10.2. The van der Waals surface area contributed by atoms with Crippen molar-refractivity contribution >= 4 is 11.5 Å². The van der Waals surface area contributed by atoms with Crippen LogP contribution in [0.5, 0.6) is 0 Å². The molecule has 0 saturated carbocycles. The average Bonchev–Trinajstić information content (AvgIpc) is 2.20. The third-order valence-electron chi connectivity index (χ3n) is 2.04. The molecule has 0 aliphatic carbocycles. The van der Waals surface area contributed by atoms with Gasteiger partial charge in [0.05, 0.1) is 12.3 Å². The van der Waals surface area contributed by atoms with Gasteiger partial charge in [0.1, 0.15) is 5.82 Å². The Kier molecular flexibility index (Phi) is 5.05. The third-order valence-corrected chi connectivity index (χ3v) is 2.04. The summed E-state index contributed by atoms with van der Waals surface area (Å²) in [6.07, 6.45) is 1.80. The predicted octanol–water partition coefficient (Wildman–Crippen LogP) is 2.06. The molecule has 3 N–H and O–H groups in total. The highest BCUT2D eigenvalue weighted by molar-refractivity contribution is 5.61. The minimum Gasteiger partial charge on any atom is -0.396 e. The summed E-state index contributed by atoms with van der Waals surface area (Å²) in [6.45, 7) is 8.43. The average molecular weight is 223 g/mol. The van der Waals surface area contributed by atoms with Crippen LogP contribution < -0.4 is 11.1 Å². The molecular weight excluding hydrogens is 202 g/mol. The van der Waals surface area contributed by atoms with Crippen molar-refractivity contribution in [1.82, 2.24) is 4.98 Å². The van der Waals surface area contributed by atoms with Crippen molar-refractivity contribution in [3.63, 3.8) is 0 Å². The molecule has 0 aliphatic heterocycles. The van der Waals surface area contributed by atoms with Crippen LogP contribution in [0.1, 0.15) is 19.4 Å². The lowest BCUT2D eigenvalue weighted by Crippen LogP contribution is -2.13. The summed E-state index contributed by atoms with van der Waals surface area (Å²) >= 11 is 0. The van der Waals surface area contributed by atoms with Gasteiger partial charge in [0.25, 0.3) is 0 Å². The summed E-state index contributed by atoms with van der Waals surface area (Å²) in [5.74, 6) is 1.31. The van der Waals surface area contributed by atoms with Crippen LogP contribution in [0.15, 0.2) is 12.3 Å². The van der Waals surface area contributed by atoms with Crippen molar-refractivity contribution in [2.45, 2.75) is 20.8 Å². The number of pyridine rings is 1. The zero-order valence-corrected chi connectivity index (χ0v) is 10.3. The van der Waals surface area contributed by atoms with Crippen LogP contribution >= 0.6 is 0 Å². The number of anilines is 2. The second-order valence-corrected chi connectivity index (χ2v) is 4.35. The Bertz CT molecular complexity index is 326. The molecule has 4 heteroatoms. The molecule has 1 rings (SSSR count). The lowest BCUT2D eigenvalue weighted by molar-refractivity contribution is 0.118. The summed E-state index contributed by atoms with van der Waals surface area (Å²) in [6, 6.07) is 1.91. The van der Waals surface area contributed by atoms with Gasteiger partial charge in [-0.3, -0.25) is 0 Å². The van der Waals surface area contributed by atoms with Crippen LogP contribution in [0.3, 0.4) is 0 Å². The molecule has 0 saturated heterocycles. The topological polar surface area (TPSA) is 60.2 Å². The fourth-order valence-corrected chi connectivity index (χ4v) is 1.30. The third kappa shape index (κ3) is 4.49. The SMILES string of the molecule is Cc1cnc(NCCOCC(C)C)c(N)c1. The standard InChI is InChI=1S/C12H21N3O/c1-9(2)8-16-5-4-14-12-11(13)6-10(3)7-15-12/h6-7,9H,4-5,8,13H2,1-3H3,(H,14,15). The number of rotatable bonds is 6. The number of nitrogens with zero attached hydrogens (tertiary/aromatic N) is 1. The number of hydrogen-bond donors (Lipinski definition) is 2. The molecule has 16 heavy (non-hydrogen) atoms. The first-order chi connectivity index (χ1) is 7.59. The Morgan fingerprint density at radius 1 is 1.50 bits per heavy atom. The molecular formula is C12H21N3O. The maximum atomic E-state index is 5.82. The zero-order valence-electron chi connectivity index (χ0n) is 10.3. The van der Waals surface area contributed by atoms with Gasteiger partial charge in [-0.1, -0.05) is 13.8 Å². The monoisotopic (exact) mass is 223 g/mol. The Hall–Kier alpha value is -1.29. The molecule has 0 spiro atoms. The largest absolute Gasteiger partial charge is 0.396 e. The summed E-state index contributed by atoms with van der Waals surface area (Å²) in [4.78, 5) is 4.22. The van der Waals surface area contributed by atoms with E-state index in [1.54, 1.807) is 6.20 Å².